The van der Waals surface area contributed by atoms with Crippen LogP contribution in [0.3, 0.4) is 0 Å². The van der Waals surface area contributed by atoms with Crippen molar-refractivity contribution in [3.05, 3.63) is 126 Å². The van der Waals surface area contributed by atoms with E-state index in [0.717, 1.165) is 25.6 Å². The molecule has 2 heterocycles. The van der Waals surface area contributed by atoms with E-state index in [-0.39, 0.29) is 18.8 Å². The molecule has 252 valence electrons. The van der Waals surface area contributed by atoms with E-state index in [1.165, 1.54) is 0 Å². The van der Waals surface area contributed by atoms with E-state index in [0.29, 0.717) is 63.0 Å². The van der Waals surface area contributed by atoms with Crippen LogP contribution in [0.25, 0.3) is 44.2 Å². The number of hydrogen-bond acceptors (Lipinski definition) is 8. The SMILES string of the molecule is COc1ccc(-c2cc3cc(Br)cc(Br)c3oc2=O)cc1.COc1ccc(-c2cc3cc(C#CCCO)cc(C#CCCO)c3oc2=O)cc1. The third-order valence-corrected chi connectivity index (χ3v) is 8.36. The maximum absolute atomic E-state index is 12.6. The van der Waals surface area contributed by atoms with Gasteiger partial charge in [0.05, 0.1) is 48.6 Å². The number of halogens is 2. The molecule has 2 N–H and O–H groups in total. The maximum Gasteiger partial charge on any atom is 0.344 e. The molecule has 0 unspecified atom stereocenters. The number of ether oxygens (including phenoxy) is 2. The van der Waals surface area contributed by atoms with E-state index < -0.39 is 5.63 Å². The fourth-order valence-electron chi connectivity index (χ4n) is 4.93. The molecular weight excluding hydrogens is 768 g/mol. The maximum atomic E-state index is 12.6. The zero-order chi connectivity index (χ0) is 35.6. The average molecular weight is 798 g/mol. The van der Waals surface area contributed by atoms with Crippen molar-refractivity contribution in [1.29, 1.82) is 0 Å². The number of rotatable bonds is 6. The van der Waals surface area contributed by atoms with E-state index in [4.69, 9.17) is 28.5 Å². The van der Waals surface area contributed by atoms with Gasteiger partial charge in [0, 0.05) is 33.7 Å². The van der Waals surface area contributed by atoms with Gasteiger partial charge in [0.2, 0.25) is 0 Å². The van der Waals surface area contributed by atoms with Crippen LogP contribution in [-0.4, -0.2) is 37.6 Å². The highest BCUT2D eigenvalue weighted by Crippen LogP contribution is 2.31. The van der Waals surface area contributed by atoms with Crippen molar-refractivity contribution in [3.8, 4) is 57.4 Å². The van der Waals surface area contributed by atoms with Crippen LogP contribution in [0.4, 0.5) is 0 Å². The Morgan fingerprint density at radius 3 is 1.66 bits per heavy atom. The van der Waals surface area contributed by atoms with Crippen molar-refractivity contribution in [1.82, 2.24) is 0 Å². The second-order valence-corrected chi connectivity index (χ2v) is 12.4. The summed E-state index contributed by atoms with van der Waals surface area (Å²) in [6, 6.07) is 25.4. The predicted octanol–water partition coefficient (Wildman–Crippen LogP) is 7.93. The molecule has 10 heteroatoms. The van der Waals surface area contributed by atoms with Gasteiger partial charge in [0.25, 0.3) is 0 Å². The molecule has 0 saturated heterocycles. The van der Waals surface area contributed by atoms with Gasteiger partial charge in [-0.1, -0.05) is 63.9 Å². The van der Waals surface area contributed by atoms with Crippen molar-refractivity contribution < 1.29 is 28.5 Å². The van der Waals surface area contributed by atoms with Gasteiger partial charge in [-0.05, 0) is 87.7 Å². The Morgan fingerprint density at radius 2 is 1.14 bits per heavy atom. The van der Waals surface area contributed by atoms with Crippen molar-refractivity contribution in [3.63, 3.8) is 0 Å². The normalized spacial score (nSPS) is 10.4. The number of benzene rings is 4. The van der Waals surface area contributed by atoms with Gasteiger partial charge in [-0.15, -0.1) is 0 Å². The Morgan fingerprint density at radius 1 is 0.640 bits per heavy atom. The second kappa shape index (κ2) is 17.0. The summed E-state index contributed by atoms with van der Waals surface area (Å²) in [5.41, 5.74) is 3.78. The fourth-order valence-corrected chi connectivity index (χ4v) is 6.27. The van der Waals surface area contributed by atoms with Crippen molar-refractivity contribution in [2.45, 2.75) is 12.8 Å². The molecule has 0 saturated carbocycles. The van der Waals surface area contributed by atoms with Crippen LogP contribution in [0.2, 0.25) is 0 Å². The standard InChI is InChI=1S/C24H20O5.C16H10Br2O3/c1-28-21-10-8-18(9-11-21)22-16-20-15-17(6-2-4-12-25)14-19(7-3-5-13-26)23(20)29-24(22)27;1-20-12-4-2-9(3-5-12)13-7-10-6-11(17)8-14(18)15(10)21-16(13)19/h8-11,14-16,25-26H,4-5,12-13H2,1H3;2-8H,1H3. The first-order chi connectivity index (χ1) is 24.2. The minimum atomic E-state index is -0.466. The molecule has 4 aromatic carbocycles. The zero-order valence-corrected chi connectivity index (χ0v) is 30.2. The summed E-state index contributed by atoms with van der Waals surface area (Å²) in [4.78, 5) is 24.8. The van der Waals surface area contributed by atoms with Crippen LogP contribution in [0, 0.1) is 23.7 Å². The van der Waals surface area contributed by atoms with Gasteiger partial charge in [-0.2, -0.15) is 0 Å². The quantitative estimate of drug-likeness (QED) is 0.129. The fraction of sp³-hybridized carbons (Fsp3) is 0.150. The average Bonchev–Trinajstić information content (AvgIpc) is 3.12. The van der Waals surface area contributed by atoms with Crippen molar-refractivity contribution in [2.24, 2.45) is 0 Å². The third kappa shape index (κ3) is 8.73. The molecule has 0 aliphatic heterocycles. The molecule has 6 rings (SSSR count). The summed E-state index contributed by atoms with van der Waals surface area (Å²) in [7, 11) is 3.19. The summed E-state index contributed by atoms with van der Waals surface area (Å²) in [6.45, 7) is -0.0628. The Bertz CT molecular complexity index is 2390. The van der Waals surface area contributed by atoms with Crippen LogP contribution >= 0.6 is 31.9 Å². The molecule has 0 bridgehead atoms. The highest BCUT2D eigenvalue weighted by atomic mass is 79.9. The summed E-state index contributed by atoms with van der Waals surface area (Å²) in [5, 5.41) is 19.4. The first-order valence-electron chi connectivity index (χ1n) is 15.3. The van der Waals surface area contributed by atoms with Gasteiger partial charge in [0.1, 0.15) is 11.5 Å². The van der Waals surface area contributed by atoms with E-state index in [1.54, 1.807) is 50.6 Å². The molecule has 50 heavy (non-hydrogen) atoms. The number of aliphatic hydroxyl groups is 2. The van der Waals surface area contributed by atoms with E-state index in [9.17, 15) is 9.59 Å². The molecule has 8 nitrogen and oxygen atoms in total. The number of hydrogen-bond donors (Lipinski definition) is 2. The summed E-state index contributed by atoms with van der Waals surface area (Å²) < 4.78 is 23.0. The molecule has 0 aliphatic carbocycles. The van der Waals surface area contributed by atoms with Crippen LogP contribution in [0.1, 0.15) is 24.0 Å². The Hall–Kier alpha value is -5.10. The first-order valence-corrected chi connectivity index (χ1v) is 16.9. The Balaban J connectivity index is 0.000000204. The summed E-state index contributed by atoms with van der Waals surface area (Å²) in [6.07, 6.45) is 0.681. The first kappa shape index (κ1) is 36.2. The third-order valence-electron chi connectivity index (χ3n) is 7.32. The molecule has 0 aliphatic rings. The minimum absolute atomic E-state index is 0.0137. The lowest BCUT2D eigenvalue weighted by Crippen LogP contribution is -2.03. The number of fused-ring (bicyclic) bond motifs is 2. The van der Waals surface area contributed by atoms with Crippen LogP contribution < -0.4 is 20.7 Å². The smallest absolute Gasteiger partial charge is 0.344 e. The summed E-state index contributed by atoms with van der Waals surface area (Å²) in [5.74, 6) is 13.1. The van der Waals surface area contributed by atoms with E-state index in [2.05, 4.69) is 55.5 Å². The molecule has 0 radical (unpaired) electrons. The lowest BCUT2D eigenvalue weighted by atomic mass is 10.0. The Kier molecular flexibility index (Phi) is 12.3. The van der Waals surface area contributed by atoms with Gasteiger partial charge < -0.3 is 28.5 Å². The van der Waals surface area contributed by atoms with Gasteiger partial charge in [-0.3, -0.25) is 0 Å². The predicted molar refractivity (Wildman–Crippen MR) is 202 cm³/mol. The van der Waals surface area contributed by atoms with Crippen LogP contribution in [-0.2, 0) is 0 Å². The summed E-state index contributed by atoms with van der Waals surface area (Å²) >= 11 is 6.84. The topological polar surface area (TPSA) is 119 Å². The minimum Gasteiger partial charge on any atom is -0.497 e. The van der Waals surface area contributed by atoms with Crippen molar-refractivity contribution in [2.75, 3.05) is 27.4 Å². The molecular formula is C40H30Br2O8. The lowest BCUT2D eigenvalue weighted by Gasteiger charge is -2.06. The van der Waals surface area contributed by atoms with Gasteiger partial charge in [0.15, 0.2) is 11.2 Å². The molecule has 0 fully saturated rings. The highest BCUT2D eigenvalue weighted by molar-refractivity contribution is 9.11. The molecule has 0 atom stereocenters. The second-order valence-electron chi connectivity index (χ2n) is 10.7. The van der Waals surface area contributed by atoms with Gasteiger partial charge in [-0.25, -0.2) is 9.59 Å². The molecule has 6 aromatic rings. The van der Waals surface area contributed by atoms with Crippen LogP contribution in [0.5, 0.6) is 11.5 Å². The van der Waals surface area contributed by atoms with E-state index >= 15 is 0 Å². The number of methoxy groups -OCH3 is 2. The largest absolute Gasteiger partial charge is 0.497 e. The zero-order valence-electron chi connectivity index (χ0n) is 27.0. The van der Waals surface area contributed by atoms with Gasteiger partial charge >= 0.3 is 11.3 Å². The van der Waals surface area contributed by atoms with Crippen molar-refractivity contribution >= 4 is 53.8 Å². The number of aliphatic hydroxyl groups excluding tert-OH is 2. The molecule has 0 amide bonds. The molecule has 2 aromatic heterocycles. The van der Waals surface area contributed by atoms with E-state index in [1.807, 2.05) is 48.5 Å². The molecule has 0 spiro atoms. The lowest BCUT2D eigenvalue weighted by molar-refractivity contribution is 0.304. The monoisotopic (exact) mass is 796 g/mol. The van der Waals surface area contributed by atoms with Crippen LogP contribution in [0.15, 0.2) is 112 Å². The highest BCUT2D eigenvalue weighted by Gasteiger charge is 2.13. The Labute approximate surface area is 304 Å².